The zero-order valence-corrected chi connectivity index (χ0v) is 13.3. The highest BCUT2D eigenvalue weighted by Crippen LogP contribution is 2.71. The molecule has 3 fully saturated rings. The summed E-state index contributed by atoms with van der Waals surface area (Å²) in [6, 6.07) is 10.4. The zero-order chi connectivity index (χ0) is 14.7. The van der Waals surface area contributed by atoms with E-state index < -0.39 is 0 Å². The van der Waals surface area contributed by atoms with E-state index in [2.05, 4.69) is 45.0 Å². The molecule has 1 aromatic carbocycles. The molecule has 2 bridgehead atoms. The van der Waals surface area contributed by atoms with E-state index in [1.54, 1.807) is 0 Å². The molecule has 0 amide bonds. The Labute approximate surface area is 127 Å². The topological polar surface area (TPSA) is 18.5 Å². The van der Waals surface area contributed by atoms with Crippen LogP contribution < -0.4 is 0 Å². The van der Waals surface area contributed by atoms with E-state index >= 15 is 0 Å². The van der Waals surface area contributed by atoms with E-state index in [1.807, 2.05) is 6.07 Å². The summed E-state index contributed by atoms with van der Waals surface area (Å²) in [5.74, 6) is 1.53. The van der Waals surface area contributed by atoms with Gasteiger partial charge in [-0.05, 0) is 41.1 Å². The highest BCUT2D eigenvalue weighted by molar-refractivity contribution is 5.17. The minimum atomic E-state index is -0.00349. The summed E-state index contributed by atoms with van der Waals surface area (Å²) < 4.78 is 12.4. The third-order valence-electron chi connectivity index (χ3n) is 6.95. The Kier molecular flexibility index (Phi) is 3.00. The minimum Gasteiger partial charge on any atom is -0.349 e. The fourth-order valence-corrected chi connectivity index (χ4v) is 5.35. The molecule has 2 nitrogen and oxygen atoms in total. The van der Waals surface area contributed by atoms with E-state index in [-0.39, 0.29) is 6.29 Å². The van der Waals surface area contributed by atoms with Crippen LogP contribution in [0.15, 0.2) is 30.3 Å². The van der Waals surface area contributed by atoms with Crippen molar-refractivity contribution in [2.75, 3.05) is 0 Å². The minimum absolute atomic E-state index is 0.00349. The Morgan fingerprint density at radius 3 is 2.67 bits per heavy atom. The lowest BCUT2D eigenvalue weighted by molar-refractivity contribution is -0.169. The van der Waals surface area contributed by atoms with Crippen molar-refractivity contribution in [3.05, 3.63) is 35.9 Å². The zero-order valence-electron chi connectivity index (χ0n) is 13.3. The molecular weight excluding hydrogens is 260 g/mol. The van der Waals surface area contributed by atoms with Gasteiger partial charge in [-0.25, -0.2) is 0 Å². The summed E-state index contributed by atoms with van der Waals surface area (Å²) in [7, 11) is 0. The van der Waals surface area contributed by atoms with Crippen LogP contribution in [0, 0.1) is 22.7 Å². The van der Waals surface area contributed by atoms with Crippen molar-refractivity contribution in [1.82, 2.24) is 0 Å². The number of ether oxygens (including phenoxy) is 2. The molecule has 0 spiro atoms. The first-order valence-corrected chi connectivity index (χ1v) is 8.33. The second-order valence-corrected chi connectivity index (χ2v) is 7.97. The van der Waals surface area contributed by atoms with E-state index in [0.29, 0.717) is 29.5 Å². The maximum absolute atomic E-state index is 6.36. The van der Waals surface area contributed by atoms with Gasteiger partial charge in [0, 0.05) is 6.42 Å². The van der Waals surface area contributed by atoms with E-state index in [0.717, 1.165) is 12.3 Å². The number of fused-ring (bicyclic) bond motifs is 5. The summed E-state index contributed by atoms with van der Waals surface area (Å²) in [6.45, 7) is 8.01. The van der Waals surface area contributed by atoms with Gasteiger partial charge in [-0.15, -0.1) is 0 Å². The monoisotopic (exact) mass is 286 g/mol. The van der Waals surface area contributed by atoms with Gasteiger partial charge in [0.05, 0.1) is 12.7 Å². The van der Waals surface area contributed by atoms with Crippen LogP contribution in [-0.4, -0.2) is 12.4 Å². The molecule has 0 unspecified atom stereocenters. The SMILES string of the molecule is CC1(C)[C@@H]2CC[C@@]1(C)[C@@H]1O[C@@H](OCc3ccccc3)C[C@H]21. The van der Waals surface area contributed by atoms with Crippen LogP contribution in [0.5, 0.6) is 0 Å². The predicted molar refractivity (Wildman–Crippen MR) is 82.6 cm³/mol. The molecular formula is C19H26O2. The summed E-state index contributed by atoms with van der Waals surface area (Å²) in [5.41, 5.74) is 1.99. The molecule has 0 N–H and O–H groups in total. The Bertz CT molecular complexity index is 524. The molecule has 1 saturated heterocycles. The Hall–Kier alpha value is -0.860. The lowest BCUT2D eigenvalue weighted by Crippen LogP contribution is -2.37. The number of rotatable bonds is 3. The largest absolute Gasteiger partial charge is 0.349 e. The molecule has 2 heteroatoms. The molecule has 1 aromatic rings. The normalized spacial score (nSPS) is 43.2. The van der Waals surface area contributed by atoms with Crippen molar-refractivity contribution in [2.24, 2.45) is 22.7 Å². The Morgan fingerprint density at radius 1 is 1.19 bits per heavy atom. The van der Waals surface area contributed by atoms with Crippen molar-refractivity contribution < 1.29 is 9.47 Å². The molecule has 0 radical (unpaired) electrons. The Morgan fingerprint density at radius 2 is 1.95 bits per heavy atom. The van der Waals surface area contributed by atoms with Gasteiger partial charge in [-0.3, -0.25) is 0 Å². The van der Waals surface area contributed by atoms with Crippen molar-refractivity contribution in [2.45, 2.75) is 59.0 Å². The third-order valence-corrected chi connectivity index (χ3v) is 6.95. The van der Waals surface area contributed by atoms with Gasteiger partial charge in [0.2, 0.25) is 0 Å². The fraction of sp³-hybridized carbons (Fsp3) is 0.684. The van der Waals surface area contributed by atoms with Gasteiger partial charge in [-0.1, -0.05) is 51.1 Å². The van der Waals surface area contributed by atoms with Crippen LogP contribution in [0.1, 0.15) is 45.6 Å². The van der Waals surface area contributed by atoms with Crippen LogP contribution in [0.4, 0.5) is 0 Å². The van der Waals surface area contributed by atoms with Crippen LogP contribution in [-0.2, 0) is 16.1 Å². The first kappa shape index (κ1) is 13.8. The number of hydrogen-bond donors (Lipinski definition) is 0. The first-order valence-electron chi connectivity index (χ1n) is 8.33. The summed E-state index contributed by atoms with van der Waals surface area (Å²) >= 11 is 0. The summed E-state index contributed by atoms with van der Waals surface area (Å²) in [6.07, 6.45) is 4.18. The lowest BCUT2D eigenvalue weighted by atomic mass is 9.70. The van der Waals surface area contributed by atoms with E-state index in [9.17, 15) is 0 Å². The standard InChI is InChI=1S/C19H26O2/c1-18(2)15-9-10-19(18,3)17-14(15)11-16(21-17)20-12-13-7-5-4-6-8-13/h4-8,14-17H,9-12H2,1-3H3/t14-,15-,16-,17-,19+/m1/s1. The lowest BCUT2D eigenvalue weighted by Gasteiger charge is -2.38. The van der Waals surface area contributed by atoms with E-state index in [4.69, 9.17) is 9.47 Å². The van der Waals surface area contributed by atoms with Gasteiger partial charge in [0.15, 0.2) is 6.29 Å². The van der Waals surface area contributed by atoms with Crippen LogP contribution >= 0.6 is 0 Å². The van der Waals surface area contributed by atoms with Gasteiger partial charge in [-0.2, -0.15) is 0 Å². The average molecular weight is 286 g/mol. The maximum Gasteiger partial charge on any atom is 0.158 e. The molecule has 2 saturated carbocycles. The predicted octanol–water partition coefficient (Wildman–Crippen LogP) is 4.39. The van der Waals surface area contributed by atoms with Crippen molar-refractivity contribution in [3.8, 4) is 0 Å². The fourth-order valence-electron chi connectivity index (χ4n) is 5.35. The van der Waals surface area contributed by atoms with Crippen LogP contribution in [0.3, 0.4) is 0 Å². The molecule has 2 aliphatic carbocycles. The second-order valence-electron chi connectivity index (χ2n) is 7.97. The average Bonchev–Trinajstić information content (AvgIpc) is 3.04. The Balaban J connectivity index is 1.43. The highest BCUT2D eigenvalue weighted by Gasteiger charge is 2.69. The molecule has 1 aliphatic heterocycles. The summed E-state index contributed by atoms with van der Waals surface area (Å²) in [5, 5.41) is 0. The number of hydrogen-bond acceptors (Lipinski definition) is 2. The quantitative estimate of drug-likeness (QED) is 0.820. The molecule has 114 valence electrons. The second kappa shape index (κ2) is 4.57. The van der Waals surface area contributed by atoms with Crippen LogP contribution in [0.25, 0.3) is 0 Å². The smallest absolute Gasteiger partial charge is 0.158 e. The summed E-state index contributed by atoms with van der Waals surface area (Å²) in [4.78, 5) is 0. The van der Waals surface area contributed by atoms with Gasteiger partial charge in [0.1, 0.15) is 0 Å². The molecule has 5 atom stereocenters. The van der Waals surface area contributed by atoms with Crippen molar-refractivity contribution in [1.29, 1.82) is 0 Å². The molecule has 3 aliphatic rings. The van der Waals surface area contributed by atoms with E-state index in [1.165, 1.54) is 18.4 Å². The van der Waals surface area contributed by atoms with Gasteiger partial charge < -0.3 is 9.47 Å². The molecule has 4 rings (SSSR count). The highest BCUT2D eigenvalue weighted by atomic mass is 16.7. The van der Waals surface area contributed by atoms with Crippen molar-refractivity contribution >= 4 is 0 Å². The third kappa shape index (κ3) is 1.85. The molecule has 21 heavy (non-hydrogen) atoms. The van der Waals surface area contributed by atoms with Gasteiger partial charge in [0.25, 0.3) is 0 Å². The first-order chi connectivity index (χ1) is 10.0. The van der Waals surface area contributed by atoms with Gasteiger partial charge >= 0.3 is 0 Å². The maximum atomic E-state index is 6.36. The van der Waals surface area contributed by atoms with Crippen molar-refractivity contribution in [3.63, 3.8) is 0 Å². The molecule has 0 aromatic heterocycles. The molecule has 1 heterocycles. The number of benzene rings is 1. The van der Waals surface area contributed by atoms with Crippen LogP contribution in [0.2, 0.25) is 0 Å².